The number of aromatic amines is 1. The monoisotopic (exact) mass is 279 g/mol. The summed E-state index contributed by atoms with van der Waals surface area (Å²) in [7, 11) is 1.67. The molecular formula is C18H17NO2. The molecule has 3 heteroatoms. The van der Waals surface area contributed by atoms with Gasteiger partial charge < -0.3 is 9.72 Å². The molecule has 0 unspecified atom stereocenters. The Hall–Kier alpha value is -2.55. The second-order valence-electron chi connectivity index (χ2n) is 5.24. The van der Waals surface area contributed by atoms with Crippen LogP contribution in [0.15, 0.2) is 47.3 Å². The Morgan fingerprint density at radius 2 is 1.67 bits per heavy atom. The summed E-state index contributed by atoms with van der Waals surface area (Å²) in [5, 5.41) is 0.711. The van der Waals surface area contributed by atoms with Gasteiger partial charge in [0.05, 0.1) is 7.11 Å². The number of benzene rings is 2. The van der Waals surface area contributed by atoms with Gasteiger partial charge in [-0.15, -0.1) is 0 Å². The molecule has 0 saturated heterocycles. The van der Waals surface area contributed by atoms with Crippen molar-refractivity contribution in [2.45, 2.75) is 13.8 Å². The van der Waals surface area contributed by atoms with Gasteiger partial charge in [-0.3, -0.25) is 4.79 Å². The molecule has 0 aliphatic carbocycles. The van der Waals surface area contributed by atoms with Crippen molar-refractivity contribution in [1.29, 1.82) is 0 Å². The number of rotatable bonds is 2. The van der Waals surface area contributed by atoms with Crippen LogP contribution in [0.25, 0.3) is 22.2 Å². The van der Waals surface area contributed by atoms with Gasteiger partial charge in [0.2, 0.25) is 0 Å². The minimum Gasteiger partial charge on any atom is -0.496 e. The standard InChI is InChI=1S/C18H17NO2/c1-11-8-13(9-12(2)18(11)21-3)16-10-17(20)14-6-4-5-7-15(14)19-16/h4-10H,1-3H3,(H,19,20). The van der Waals surface area contributed by atoms with Crippen LogP contribution < -0.4 is 10.2 Å². The molecule has 21 heavy (non-hydrogen) atoms. The lowest BCUT2D eigenvalue weighted by Crippen LogP contribution is -2.03. The molecule has 0 aliphatic rings. The van der Waals surface area contributed by atoms with E-state index in [1.165, 1.54) is 0 Å². The van der Waals surface area contributed by atoms with E-state index in [2.05, 4.69) is 4.98 Å². The minimum atomic E-state index is 0.0328. The lowest BCUT2D eigenvalue weighted by molar-refractivity contribution is 0.408. The number of aromatic nitrogens is 1. The van der Waals surface area contributed by atoms with Crippen molar-refractivity contribution in [1.82, 2.24) is 4.98 Å². The van der Waals surface area contributed by atoms with Crippen LogP contribution >= 0.6 is 0 Å². The van der Waals surface area contributed by atoms with Crippen molar-refractivity contribution in [3.63, 3.8) is 0 Å². The molecule has 1 heterocycles. The summed E-state index contributed by atoms with van der Waals surface area (Å²) in [5.74, 6) is 0.891. The zero-order valence-corrected chi connectivity index (χ0v) is 12.4. The van der Waals surface area contributed by atoms with Crippen LogP contribution in [0.1, 0.15) is 11.1 Å². The Balaban J connectivity index is 2.23. The zero-order chi connectivity index (χ0) is 15.0. The van der Waals surface area contributed by atoms with E-state index in [-0.39, 0.29) is 5.43 Å². The number of pyridine rings is 1. The number of fused-ring (bicyclic) bond motifs is 1. The maximum Gasteiger partial charge on any atom is 0.190 e. The average Bonchev–Trinajstić information content (AvgIpc) is 2.47. The fraction of sp³-hybridized carbons (Fsp3) is 0.167. The summed E-state index contributed by atoms with van der Waals surface area (Å²) in [6.07, 6.45) is 0. The highest BCUT2D eigenvalue weighted by atomic mass is 16.5. The van der Waals surface area contributed by atoms with E-state index in [4.69, 9.17) is 4.74 Å². The number of hydrogen-bond donors (Lipinski definition) is 1. The lowest BCUT2D eigenvalue weighted by atomic mass is 10.0. The molecular weight excluding hydrogens is 262 g/mol. The van der Waals surface area contributed by atoms with Crippen molar-refractivity contribution in [3.8, 4) is 17.0 Å². The highest BCUT2D eigenvalue weighted by molar-refractivity contribution is 5.81. The van der Waals surface area contributed by atoms with Crippen LogP contribution in [0.2, 0.25) is 0 Å². The Morgan fingerprint density at radius 1 is 1.00 bits per heavy atom. The van der Waals surface area contributed by atoms with Crippen molar-refractivity contribution >= 4 is 10.9 Å². The van der Waals surface area contributed by atoms with Gasteiger partial charge in [-0.25, -0.2) is 0 Å². The van der Waals surface area contributed by atoms with Crippen LogP contribution in [0.5, 0.6) is 5.75 Å². The first-order valence-electron chi connectivity index (χ1n) is 6.88. The predicted octanol–water partition coefficient (Wildman–Crippen LogP) is 3.82. The maximum atomic E-state index is 12.2. The molecule has 0 amide bonds. The van der Waals surface area contributed by atoms with Crippen molar-refractivity contribution in [2.24, 2.45) is 0 Å². The van der Waals surface area contributed by atoms with E-state index < -0.39 is 0 Å². The number of hydrogen-bond acceptors (Lipinski definition) is 2. The first-order chi connectivity index (χ1) is 10.1. The number of ether oxygens (including phenoxy) is 1. The van der Waals surface area contributed by atoms with E-state index >= 15 is 0 Å². The fourth-order valence-electron chi connectivity index (χ4n) is 2.78. The predicted molar refractivity (Wildman–Crippen MR) is 86.0 cm³/mol. The number of para-hydroxylation sites is 1. The number of methoxy groups -OCH3 is 1. The fourth-order valence-corrected chi connectivity index (χ4v) is 2.78. The average molecular weight is 279 g/mol. The van der Waals surface area contributed by atoms with E-state index in [1.54, 1.807) is 13.2 Å². The van der Waals surface area contributed by atoms with E-state index in [0.29, 0.717) is 5.39 Å². The van der Waals surface area contributed by atoms with Gasteiger partial charge >= 0.3 is 0 Å². The molecule has 0 atom stereocenters. The summed E-state index contributed by atoms with van der Waals surface area (Å²) in [5.41, 5.74) is 4.82. The second-order valence-corrected chi connectivity index (χ2v) is 5.24. The Kier molecular flexibility index (Phi) is 3.26. The van der Waals surface area contributed by atoms with Crippen molar-refractivity contribution in [3.05, 3.63) is 63.8 Å². The summed E-state index contributed by atoms with van der Waals surface area (Å²) >= 11 is 0. The summed E-state index contributed by atoms with van der Waals surface area (Å²) in [6.45, 7) is 4.02. The molecule has 0 bridgehead atoms. The first-order valence-corrected chi connectivity index (χ1v) is 6.88. The van der Waals surface area contributed by atoms with Gasteiger partial charge in [0.1, 0.15) is 5.75 Å². The molecule has 0 spiro atoms. The minimum absolute atomic E-state index is 0.0328. The number of aryl methyl sites for hydroxylation is 2. The largest absolute Gasteiger partial charge is 0.496 e. The third-order valence-corrected chi connectivity index (χ3v) is 3.71. The Morgan fingerprint density at radius 3 is 2.33 bits per heavy atom. The summed E-state index contributed by atoms with van der Waals surface area (Å²) in [4.78, 5) is 15.6. The molecule has 3 aromatic rings. The van der Waals surface area contributed by atoms with Crippen LogP contribution in [-0.2, 0) is 0 Å². The molecule has 0 fully saturated rings. The van der Waals surface area contributed by atoms with Crippen LogP contribution in [0, 0.1) is 13.8 Å². The van der Waals surface area contributed by atoms with Crippen molar-refractivity contribution < 1.29 is 4.74 Å². The maximum absolute atomic E-state index is 12.2. The molecule has 3 nitrogen and oxygen atoms in total. The van der Waals surface area contributed by atoms with Gasteiger partial charge in [0, 0.05) is 22.7 Å². The summed E-state index contributed by atoms with van der Waals surface area (Å²) in [6, 6.07) is 13.3. The topological polar surface area (TPSA) is 42.1 Å². The molecule has 0 radical (unpaired) electrons. The Bertz CT molecular complexity index is 855. The third-order valence-electron chi connectivity index (χ3n) is 3.71. The molecule has 0 saturated carbocycles. The highest BCUT2D eigenvalue weighted by Crippen LogP contribution is 2.29. The van der Waals surface area contributed by atoms with Gasteiger partial charge in [-0.2, -0.15) is 0 Å². The van der Waals surface area contributed by atoms with Gasteiger partial charge in [-0.05, 0) is 54.8 Å². The third kappa shape index (κ3) is 2.31. The van der Waals surface area contributed by atoms with E-state index in [1.807, 2.05) is 50.2 Å². The molecule has 2 aromatic carbocycles. The molecule has 1 N–H and O–H groups in total. The number of H-pyrrole nitrogens is 1. The van der Waals surface area contributed by atoms with Gasteiger partial charge in [0.25, 0.3) is 0 Å². The molecule has 106 valence electrons. The zero-order valence-electron chi connectivity index (χ0n) is 12.4. The quantitative estimate of drug-likeness (QED) is 0.775. The van der Waals surface area contributed by atoms with Crippen LogP contribution in [0.4, 0.5) is 0 Å². The lowest BCUT2D eigenvalue weighted by Gasteiger charge is -2.12. The number of nitrogens with one attached hydrogen (secondary N) is 1. The molecule has 3 rings (SSSR count). The molecule has 1 aromatic heterocycles. The second kappa shape index (κ2) is 5.09. The van der Waals surface area contributed by atoms with Gasteiger partial charge in [-0.1, -0.05) is 12.1 Å². The van der Waals surface area contributed by atoms with E-state index in [0.717, 1.165) is 33.7 Å². The highest BCUT2D eigenvalue weighted by Gasteiger charge is 2.09. The van der Waals surface area contributed by atoms with Gasteiger partial charge in [0.15, 0.2) is 5.43 Å². The normalized spacial score (nSPS) is 10.8. The van der Waals surface area contributed by atoms with Crippen molar-refractivity contribution in [2.75, 3.05) is 7.11 Å². The Labute approximate surface area is 123 Å². The summed E-state index contributed by atoms with van der Waals surface area (Å²) < 4.78 is 5.39. The van der Waals surface area contributed by atoms with E-state index in [9.17, 15) is 4.79 Å². The smallest absolute Gasteiger partial charge is 0.190 e. The SMILES string of the molecule is COc1c(C)cc(-c2cc(=O)c3ccccc3[nH]2)cc1C. The first kappa shape index (κ1) is 13.4. The van der Waals surface area contributed by atoms with Crippen LogP contribution in [-0.4, -0.2) is 12.1 Å². The molecule has 0 aliphatic heterocycles. The van der Waals surface area contributed by atoms with Crippen LogP contribution in [0.3, 0.4) is 0 Å².